The largest absolute Gasteiger partial charge is 1.00 e. The summed E-state index contributed by atoms with van der Waals surface area (Å²) in [6.07, 6.45) is 5.92. The number of carboxylic acids is 1. The van der Waals surface area contributed by atoms with E-state index in [1.807, 2.05) is 19.9 Å². The van der Waals surface area contributed by atoms with Crippen molar-refractivity contribution in [2.24, 2.45) is 39.9 Å². The number of aliphatic hydroxyl groups is 2. The Balaban J connectivity index is 0.00000400. The summed E-state index contributed by atoms with van der Waals surface area (Å²) < 4.78 is 5.84. The van der Waals surface area contributed by atoms with Gasteiger partial charge in [0.15, 0.2) is 0 Å². The van der Waals surface area contributed by atoms with Crippen LogP contribution < -0.4 is 34.7 Å². The summed E-state index contributed by atoms with van der Waals surface area (Å²) in [6, 6.07) is 0. The van der Waals surface area contributed by atoms with E-state index in [4.69, 9.17) is 4.74 Å². The smallest absolute Gasteiger partial charge is 0.545 e. The Morgan fingerprint density at radius 1 is 1.05 bits per heavy atom. The van der Waals surface area contributed by atoms with E-state index < -0.39 is 24.1 Å². The maximum absolute atomic E-state index is 12.5. The third-order valence-corrected chi connectivity index (χ3v) is 11.6. The molecular weight excluding hydrogens is 491 g/mol. The van der Waals surface area contributed by atoms with Gasteiger partial charge in [0.1, 0.15) is 6.10 Å². The molecule has 0 aromatic carbocycles. The van der Waals surface area contributed by atoms with Crippen LogP contribution in [-0.2, 0) is 14.3 Å². The quantitative estimate of drug-likeness (QED) is 0.237. The predicted octanol–water partition coefficient (Wildman–Crippen LogP) is 1.34. The van der Waals surface area contributed by atoms with E-state index in [1.54, 1.807) is 0 Å². The molecule has 4 aliphatic carbocycles. The van der Waals surface area contributed by atoms with Crippen molar-refractivity contribution >= 4 is 11.9 Å². The van der Waals surface area contributed by atoms with Crippen LogP contribution in [0.3, 0.4) is 0 Å². The number of fused-ring (bicyclic) bond motifs is 5. The molecule has 0 amide bonds. The van der Waals surface area contributed by atoms with Gasteiger partial charge in [-0.1, -0.05) is 39.3 Å². The van der Waals surface area contributed by atoms with Gasteiger partial charge in [0.25, 0.3) is 0 Å². The van der Waals surface area contributed by atoms with Gasteiger partial charge in [-0.25, -0.2) is 0 Å². The first-order chi connectivity index (χ1) is 17.2. The number of carbonyl (C=O) groups is 2. The molecule has 4 fully saturated rings. The van der Waals surface area contributed by atoms with E-state index in [2.05, 4.69) is 27.7 Å². The molecule has 7 heteroatoms. The molecule has 0 aromatic rings. The maximum Gasteiger partial charge on any atom is 1.00 e. The van der Waals surface area contributed by atoms with Gasteiger partial charge in [0.2, 0.25) is 0 Å². The van der Waals surface area contributed by atoms with E-state index in [1.165, 1.54) is 6.92 Å². The first-order valence-electron chi connectivity index (χ1n) is 14.3. The van der Waals surface area contributed by atoms with Crippen LogP contribution in [0.4, 0.5) is 0 Å². The molecular formula is C31H47NaO6. The van der Waals surface area contributed by atoms with Crippen LogP contribution in [0.1, 0.15) is 99.8 Å². The minimum Gasteiger partial charge on any atom is -0.545 e. The van der Waals surface area contributed by atoms with E-state index in [0.717, 1.165) is 31.3 Å². The first kappa shape index (κ1) is 31.9. The number of hydrogen-bond donors (Lipinski definition) is 2. The number of allylic oxidation sites excluding steroid dienone is 2. The van der Waals surface area contributed by atoms with Crippen LogP contribution in [0.15, 0.2) is 22.8 Å². The van der Waals surface area contributed by atoms with Crippen molar-refractivity contribution in [3.8, 4) is 0 Å². The Bertz CT molecular complexity index is 1000. The van der Waals surface area contributed by atoms with E-state index in [-0.39, 0.29) is 75.2 Å². The van der Waals surface area contributed by atoms with E-state index >= 15 is 0 Å². The molecule has 2 N–H and O–H groups in total. The van der Waals surface area contributed by atoms with Crippen molar-refractivity contribution < 1.29 is 59.2 Å². The number of carbonyl (C=O) groups excluding carboxylic acids is 2. The third-order valence-electron chi connectivity index (χ3n) is 11.6. The molecule has 0 unspecified atom stereocenters. The third kappa shape index (κ3) is 5.00. The number of rotatable bonds is 5. The van der Waals surface area contributed by atoms with Crippen LogP contribution in [0.2, 0.25) is 0 Å². The normalized spacial score (nSPS) is 45.0. The second-order valence-electron chi connectivity index (χ2n) is 13.6. The number of hydrogen-bond acceptors (Lipinski definition) is 6. The molecule has 10 atom stereocenters. The predicted molar refractivity (Wildman–Crippen MR) is 140 cm³/mol. The van der Waals surface area contributed by atoms with E-state index in [9.17, 15) is 24.9 Å². The summed E-state index contributed by atoms with van der Waals surface area (Å²) in [4.78, 5) is 24.7. The summed E-state index contributed by atoms with van der Waals surface area (Å²) >= 11 is 0. The summed E-state index contributed by atoms with van der Waals surface area (Å²) in [5.74, 6) is -1.25. The minimum atomic E-state index is -1.20. The molecule has 0 radical (unpaired) electrons. The molecule has 4 rings (SSSR count). The fourth-order valence-corrected chi connectivity index (χ4v) is 9.78. The first-order valence-corrected chi connectivity index (χ1v) is 14.3. The maximum atomic E-state index is 12.5. The zero-order valence-electron chi connectivity index (χ0n) is 24.8. The molecule has 208 valence electrons. The fraction of sp³-hybridized carbons (Fsp3) is 0.806. The second kappa shape index (κ2) is 11.3. The summed E-state index contributed by atoms with van der Waals surface area (Å²) in [7, 11) is 0. The van der Waals surface area contributed by atoms with Crippen LogP contribution in [0.5, 0.6) is 0 Å². The van der Waals surface area contributed by atoms with Gasteiger partial charge in [-0.15, -0.1) is 0 Å². The molecule has 0 aliphatic heterocycles. The molecule has 0 heterocycles. The molecule has 6 nitrogen and oxygen atoms in total. The molecule has 4 saturated carbocycles. The Labute approximate surface area is 251 Å². The van der Waals surface area contributed by atoms with Crippen molar-refractivity contribution in [1.29, 1.82) is 0 Å². The van der Waals surface area contributed by atoms with Gasteiger partial charge in [-0.3, -0.25) is 4.79 Å². The van der Waals surface area contributed by atoms with Gasteiger partial charge in [0.05, 0.1) is 18.2 Å². The van der Waals surface area contributed by atoms with Crippen molar-refractivity contribution in [2.75, 3.05) is 0 Å². The SMILES string of the molecule is CC(=O)O[C@H]1C[C@@]2(C)[C@@H](C[C@@H](O)[C@H]3[C@@]4(C)CC[C@@H](O)[C@@H](C)[C@@H]4CC[C@@]32C)/C1=C(/CCC=C(C)C)C(=O)[O-].[Na+]. The molecule has 0 bridgehead atoms. The minimum absolute atomic E-state index is 0. The van der Waals surface area contributed by atoms with Gasteiger partial charge >= 0.3 is 35.5 Å². The Hall–Kier alpha value is -0.660. The van der Waals surface area contributed by atoms with Crippen LogP contribution in [-0.4, -0.2) is 40.5 Å². The molecule has 0 spiro atoms. The van der Waals surface area contributed by atoms with Gasteiger partial charge in [-0.05, 0) is 116 Å². The van der Waals surface area contributed by atoms with Crippen molar-refractivity contribution in [1.82, 2.24) is 0 Å². The van der Waals surface area contributed by atoms with Crippen molar-refractivity contribution in [2.45, 2.75) is 118 Å². The average molecular weight is 539 g/mol. The molecule has 4 aliphatic rings. The standard InChI is InChI=1S/C31H48O6.Na/c1-17(2)9-8-10-20(28(35)36)26-22-15-24(34)27-29(5)13-12-23(33)18(3)21(29)11-14-30(27,6)31(22,7)16-25(26)37-19(4)32;/h9,18,21-25,27,33-34H,8,10-16H2,1-7H3,(H,35,36);/q;+1/p-1/b26-20+;/t18-,21-,22-,23+,24+,25-,27-,29-,30-,31-;/m0./s1. The average Bonchev–Trinajstić information content (AvgIpc) is 3.05. The van der Waals surface area contributed by atoms with Crippen molar-refractivity contribution in [3.63, 3.8) is 0 Å². The van der Waals surface area contributed by atoms with Gasteiger partial charge in [-0.2, -0.15) is 0 Å². The Morgan fingerprint density at radius 2 is 1.71 bits per heavy atom. The summed E-state index contributed by atoms with van der Waals surface area (Å²) in [5, 5.41) is 35.0. The van der Waals surface area contributed by atoms with Crippen LogP contribution >= 0.6 is 0 Å². The molecule has 0 aromatic heterocycles. The Morgan fingerprint density at radius 3 is 2.29 bits per heavy atom. The number of carboxylic acid groups (broad SMARTS) is 1. The topological polar surface area (TPSA) is 107 Å². The summed E-state index contributed by atoms with van der Waals surface area (Å²) in [6.45, 7) is 14.4. The number of aliphatic hydroxyl groups excluding tert-OH is 2. The van der Waals surface area contributed by atoms with Crippen LogP contribution in [0.25, 0.3) is 0 Å². The van der Waals surface area contributed by atoms with Crippen LogP contribution in [0, 0.1) is 39.9 Å². The molecule has 38 heavy (non-hydrogen) atoms. The number of ether oxygens (including phenoxy) is 1. The number of esters is 1. The second-order valence-corrected chi connectivity index (χ2v) is 13.6. The monoisotopic (exact) mass is 538 g/mol. The zero-order chi connectivity index (χ0) is 27.5. The van der Waals surface area contributed by atoms with Gasteiger partial charge in [0, 0.05) is 6.92 Å². The van der Waals surface area contributed by atoms with Crippen molar-refractivity contribution in [3.05, 3.63) is 22.8 Å². The Kier molecular flexibility index (Phi) is 9.49. The van der Waals surface area contributed by atoms with E-state index in [0.29, 0.717) is 37.2 Å². The fourth-order valence-electron chi connectivity index (χ4n) is 9.78. The zero-order valence-corrected chi connectivity index (χ0v) is 26.8. The summed E-state index contributed by atoms with van der Waals surface area (Å²) in [5.41, 5.74) is 1.31. The molecule has 0 saturated heterocycles. The number of aliphatic carboxylic acids is 1. The van der Waals surface area contributed by atoms with Gasteiger partial charge < -0.3 is 24.9 Å².